The molecular formula is C20H33NO4. The molecule has 0 N–H and O–H groups in total. The Kier molecular flexibility index (Phi) is 11.5. The van der Waals surface area contributed by atoms with Gasteiger partial charge in [0.1, 0.15) is 6.42 Å². The summed E-state index contributed by atoms with van der Waals surface area (Å²) in [7, 11) is 0. The normalized spacial score (nSPS) is 11.4. The molecular weight excluding hydrogens is 318 g/mol. The lowest BCUT2D eigenvalue weighted by Crippen LogP contribution is -2.39. The first-order valence-electron chi connectivity index (χ1n) is 8.93. The maximum Gasteiger partial charge on any atom is 0.315 e. The minimum Gasteiger partial charge on any atom is -0.466 e. The number of allylic oxidation sites excluding steroid dienone is 2. The van der Waals surface area contributed by atoms with Crippen molar-refractivity contribution in [3.05, 3.63) is 23.8 Å². The number of hydrogen-bond donors (Lipinski definition) is 0. The van der Waals surface area contributed by atoms with Crippen molar-refractivity contribution in [1.82, 2.24) is 4.90 Å². The van der Waals surface area contributed by atoms with Crippen molar-refractivity contribution < 1.29 is 19.1 Å². The van der Waals surface area contributed by atoms with Crippen molar-refractivity contribution in [2.24, 2.45) is 5.92 Å². The standard InChI is InChI=1S/C20H33NO4/c1-7-25-20(24)14-19(23)21(12-11-16(4)5)18(22)13-17(6)10-8-9-15(2)3/h9,17H,4,7-8,10-14H2,1-3,5-6H3. The second kappa shape index (κ2) is 12.5. The molecule has 0 aromatic rings. The average Bonchev–Trinajstić information content (AvgIpc) is 2.46. The monoisotopic (exact) mass is 351 g/mol. The summed E-state index contributed by atoms with van der Waals surface area (Å²) in [5.74, 6) is -1.16. The molecule has 0 rings (SSSR count). The topological polar surface area (TPSA) is 63.7 Å². The van der Waals surface area contributed by atoms with Crippen LogP contribution in [0.3, 0.4) is 0 Å². The second-order valence-corrected chi connectivity index (χ2v) is 6.80. The maximum absolute atomic E-state index is 12.6. The Morgan fingerprint density at radius 2 is 1.80 bits per heavy atom. The van der Waals surface area contributed by atoms with Crippen LogP contribution in [-0.4, -0.2) is 35.8 Å². The number of ether oxygens (including phenoxy) is 1. The zero-order valence-electron chi connectivity index (χ0n) is 16.4. The number of carbonyl (C=O) groups excluding carboxylic acids is 3. The highest BCUT2D eigenvalue weighted by Gasteiger charge is 2.25. The molecule has 25 heavy (non-hydrogen) atoms. The summed E-state index contributed by atoms with van der Waals surface area (Å²) < 4.78 is 4.80. The fourth-order valence-electron chi connectivity index (χ4n) is 2.29. The minimum atomic E-state index is -0.600. The number of hydrogen-bond acceptors (Lipinski definition) is 4. The van der Waals surface area contributed by atoms with Gasteiger partial charge in [-0.3, -0.25) is 19.3 Å². The summed E-state index contributed by atoms with van der Waals surface area (Å²) in [5.41, 5.74) is 2.14. The fourth-order valence-corrected chi connectivity index (χ4v) is 2.29. The smallest absolute Gasteiger partial charge is 0.315 e. The number of imide groups is 1. The van der Waals surface area contributed by atoms with E-state index in [1.165, 1.54) is 10.5 Å². The van der Waals surface area contributed by atoms with Gasteiger partial charge in [0.05, 0.1) is 6.61 Å². The van der Waals surface area contributed by atoms with Crippen molar-refractivity contribution in [2.45, 2.75) is 66.7 Å². The molecule has 0 fully saturated rings. The van der Waals surface area contributed by atoms with Gasteiger partial charge in [-0.15, -0.1) is 6.58 Å². The van der Waals surface area contributed by atoms with Crippen molar-refractivity contribution in [3.63, 3.8) is 0 Å². The van der Waals surface area contributed by atoms with Crippen LogP contribution in [0.1, 0.15) is 66.7 Å². The number of amides is 2. The third-order valence-electron chi connectivity index (χ3n) is 3.70. The van der Waals surface area contributed by atoms with Crippen LogP contribution in [-0.2, 0) is 19.1 Å². The van der Waals surface area contributed by atoms with Crippen LogP contribution in [0.5, 0.6) is 0 Å². The molecule has 2 amide bonds. The molecule has 5 heteroatoms. The minimum absolute atomic E-state index is 0.172. The predicted octanol–water partition coefficient (Wildman–Crippen LogP) is 4.03. The molecule has 142 valence electrons. The van der Waals surface area contributed by atoms with E-state index in [4.69, 9.17) is 4.74 Å². The van der Waals surface area contributed by atoms with Gasteiger partial charge in [-0.1, -0.05) is 24.1 Å². The highest BCUT2D eigenvalue weighted by molar-refractivity contribution is 6.02. The van der Waals surface area contributed by atoms with E-state index < -0.39 is 18.3 Å². The Morgan fingerprint density at radius 1 is 1.16 bits per heavy atom. The zero-order chi connectivity index (χ0) is 19.4. The summed E-state index contributed by atoms with van der Waals surface area (Å²) in [6.45, 7) is 13.9. The molecule has 0 aromatic heterocycles. The van der Waals surface area contributed by atoms with Gasteiger partial charge in [0.2, 0.25) is 11.8 Å². The van der Waals surface area contributed by atoms with Gasteiger partial charge >= 0.3 is 5.97 Å². The van der Waals surface area contributed by atoms with Crippen molar-refractivity contribution in [2.75, 3.05) is 13.2 Å². The summed E-state index contributed by atoms with van der Waals surface area (Å²) in [5, 5.41) is 0. The number of esters is 1. The molecule has 0 spiro atoms. The van der Waals surface area contributed by atoms with Crippen LogP contribution >= 0.6 is 0 Å². The summed E-state index contributed by atoms with van der Waals surface area (Å²) in [4.78, 5) is 37.6. The molecule has 0 heterocycles. The molecule has 0 saturated carbocycles. The van der Waals surface area contributed by atoms with Gasteiger partial charge in [0.15, 0.2) is 0 Å². The highest BCUT2D eigenvalue weighted by atomic mass is 16.5. The molecule has 0 radical (unpaired) electrons. The number of carbonyl (C=O) groups is 3. The van der Waals surface area contributed by atoms with Crippen LogP contribution in [0, 0.1) is 5.92 Å². The Hall–Kier alpha value is -1.91. The van der Waals surface area contributed by atoms with Crippen molar-refractivity contribution in [1.29, 1.82) is 0 Å². The van der Waals surface area contributed by atoms with Gasteiger partial charge < -0.3 is 4.74 Å². The molecule has 0 bridgehead atoms. The van der Waals surface area contributed by atoms with E-state index >= 15 is 0 Å². The third-order valence-corrected chi connectivity index (χ3v) is 3.70. The molecule has 0 aliphatic rings. The van der Waals surface area contributed by atoms with Gasteiger partial charge in [-0.2, -0.15) is 0 Å². The molecule has 0 aliphatic heterocycles. The summed E-state index contributed by atoms with van der Waals surface area (Å²) in [6.07, 6.45) is 4.37. The second-order valence-electron chi connectivity index (χ2n) is 6.80. The number of nitrogens with zero attached hydrogens (tertiary/aromatic N) is 1. The first-order chi connectivity index (χ1) is 11.7. The Labute approximate surface area is 152 Å². The lowest BCUT2D eigenvalue weighted by Gasteiger charge is -2.22. The van der Waals surface area contributed by atoms with Crippen LogP contribution in [0.15, 0.2) is 23.8 Å². The van der Waals surface area contributed by atoms with Crippen molar-refractivity contribution in [3.8, 4) is 0 Å². The first-order valence-corrected chi connectivity index (χ1v) is 8.93. The largest absolute Gasteiger partial charge is 0.466 e. The van der Waals surface area contributed by atoms with Crippen LogP contribution in [0.25, 0.3) is 0 Å². The van der Waals surface area contributed by atoms with E-state index in [0.717, 1.165) is 18.4 Å². The Balaban J connectivity index is 4.79. The summed E-state index contributed by atoms with van der Waals surface area (Å²) >= 11 is 0. The first kappa shape index (κ1) is 23.1. The van der Waals surface area contributed by atoms with Crippen LogP contribution in [0.4, 0.5) is 0 Å². The van der Waals surface area contributed by atoms with E-state index in [0.29, 0.717) is 12.8 Å². The lowest BCUT2D eigenvalue weighted by atomic mass is 10.00. The van der Waals surface area contributed by atoms with Crippen LogP contribution in [0.2, 0.25) is 0 Å². The molecule has 0 aromatic carbocycles. The summed E-state index contributed by atoms with van der Waals surface area (Å²) in [6, 6.07) is 0. The van der Waals surface area contributed by atoms with E-state index in [1.54, 1.807) is 6.92 Å². The Bertz CT molecular complexity index is 504. The van der Waals surface area contributed by atoms with E-state index in [9.17, 15) is 14.4 Å². The third kappa shape index (κ3) is 11.3. The van der Waals surface area contributed by atoms with Gasteiger partial charge in [0, 0.05) is 13.0 Å². The molecule has 5 nitrogen and oxygen atoms in total. The molecule has 0 aliphatic carbocycles. The van der Waals surface area contributed by atoms with E-state index in [2.05, 4.69) is 12.7 Å². The number of rotatable bonds is 11. The lowest BCUT2D eigenvalue weighted by molar-refractivity contribution is -0.152. The predicted molar refractivity (Wildman–Crippen MR) is 99.8 cm³/mol. The highest BCUT2D eigenvalue weighted by Crippen LogP contribution is 2.15. The van der Waals surface area contributed by atoms with Crippen LogP contribution < -0.4 is 0 Å². The van der Waals surface area contributed by atoms with Gasteiger partial charge in [-0.05, 0) is 52.9 Å². The maximum atomic E-state index is 12.6. The van der Waals surface area contributed by atoms with Crippen molar-refractivity contribution >= 4 is 17.8 Å². The zero-order valence-corrected chi connectivity index (χ0v) is 16.4. The van der Waals surface area contributed by atoms with E-state index in [1.807, 2.05) is 27.7 Å². The average molecular weight is 351 g/mol. The molecule has 0 saturated heterocycles. The molecule has 1 unspecified atom stereocenters. The quantitative estimate of drug-likeness (QED) is 0.320. The van der Waals surface area contributed by atoms with E-state index in [-0.39, 0.29) is 25.0 Å². The van der Waals surface area contributed by atoms with Gasteiger partial charge in [0.25, 0.3) is 0 Å². The fraction of sp³-hybridized carbons (Fsp3) is 0.650. The molecule has 1 atom stereocenters. The Morgan fingerprint density at radius 3 is 2.32 bits per heavy atom. The van der Waals surface area contributed by atoms with Gasteiger partial charge in [-0.25, -0.2) is 0 Å². The SMILES string of the molecule is C=C(C)CCN(C(=O)CC(=O)OCC)C(=O)CC(C)CCC=C(C)C.